The maximum atomic E-state index is 12.2. The first-order valence-corrected chi connectivity index (χ1v) is 9.87. The van der Waals surface area contributed by atoms with Gasteiger partial charge in [-0.1, -0.05) is 24.3 Å². The zero-order valence-corrected chi connectivity index (χ0v) is 15.7. The number of carbonyl (C=O) groups excluding carboxylic acids is 1. The lowest BCUT2D eigenvalue weighted by Gasteiger charge is -2.12. The minimum atomic E-state index is -3.64. The van der Waals surface area contributed by atoms with Gasteiger partial charge in [-0.05, 0) is 35.0 Å². The first kappa shape index (κ1) is 19.3. The largest absolute Gasteiger partial charge is 0.465 e. The number of carbonyl (C=O) groups is 1. The molecule has 0 radical (unpaired) electrons. The van der Waals surface area contributed by atoms with E-state index in [9.17, 15) is 23.3 Å². The van der Waals surface area contributed by atoms with E-state index in [-0.39, 0.29) is 22.0 Å². The van der Waals surface area contributed by atoms with Crippen molar-refractivity contribution in [2.45, 2.75) is 4.90 Å². The number of fused-ring (bicyclic) bond motifs is 1. The molecule has 0 saturated heterocycles. The van der Waals surface area contributed by atoms with E-state index in [1.807, 2.05) is 0 Å². The highest BCUT2D eigenvalue weighted by Gasteiger charge is 2.23. The molecule has 0 aromatic heterocycles. The van der Waals surface area contributed by atoms with E-state index >= 15 is 0 Å². The average molecular weight is 401 g/mol. The summed E-state index contributed by atoms with van der Waals surface area (Å²) in [4.78, 5) is 22.6. The monoisotopic (exact) mass is 401 g/mol. The Morgan fingerprint density at radius 2 is 1.64 bits per heavy atom. The van der Waals surface area contributed by atoms with E-state index < -0.39 is 26.4 Å². The highest BCUT2D eigenvalue weighted by Crippen LogP contribution is 2.36. The SMILES string of the molecule is COC(=O)c1cc2ccccc2cc1Oc1ccc(S(C)(=O)=O)cc1[N+](=O)[O-]. The third kappa shape index (κ3) is 3.79. The maximum absolute atomic E-state index is 12.2. The van der Waals surface area contributed by atoms with Crippen LogP contribution < -0.4 is 4.74 Å². The molecule has 0 saturated carbocycles. The molecular formula is C19H15NO7S. The average Bonchev–Trinajstić information content (AvgIpc) is 2.66. The van der Waals surface area contributed by atoms with Gasteiger partial charge in [-0.15, -0.1) is 0 Å². The van der Waals surface area contributed by atoms with E-state index in [0.717, 1.165) is 23.1 Å². The summed E-state index contributed by atoms with van der Waals surface area (Å²) in [6.45, 7) is 0. The number of hydrogen-bond donors (Lipinski definition) is 0. The van der Waals surface area contributed by atoms with Crippen LogP contribution in [0.1, 0.15) is 10.4 Å². The standard InChI is InChI=1S/C19H15NO7S/c1-26-19(21)15-9-12-5-3-4-6-13(12)10-18(15)27-17-8-7-14(28(2,24)25)11-16(17)20(22)23/h3-11H,1-2H3. The minimum Gasteiger partial charge on any atom is -0.465 e. The number of nitro benzene ring substituents is 1. The number of nitro groups is 1. The predicted molar refractivity (Wildman–Crippen MR) is 102 cm³/mol. The molecule has 0 aliphatic rings. The second-order valence-corrected chi connectivity index (χ2v) is 7.96. The second kappa shape index (κ2) is 7.28. The third-order valence-electron chi connectivity index (χ3n) is 4.03. The maximum Gasteiger partial charge on any atom is 0.341 e. The summed E-state index contributed by atoms with van der Waals surface area (Å²) >= 11 is 0. The lowest BCUT2D eigenvalue weighted by atomic mass is 10.1. The molecule has 0 atom stereocenters. The van der Waals surface area contributed by atoms with Crippen molar-refractivity contribution in [1.82, 2.24) is 0 Å². The first-order valence-electron chi connectivity index (χ1n) is 7.98. The zero-order chi connectivity index (χ0) is 20.5. The van der Waals surface area contributed by atoms with Crippen molar-refractivity contribution in [1.29, 1.82) is 0 Å². The Hall–Kier alpha value is -3.46. The van der Waals surface area contributed by atoms with Gasteiger partial charge >= 0.3 is 11.7 Å². The fourth-order valence-electron chi connectivity index (χ4n) is 2.65. The van der Waals surface area contributed by atoms with Crippen LogP contribution in [0.2, 0.25) is 0 Å². The molecule has 0 amide bonds. The molecule has 3 aromatic carbocycles. The summed E-state index contributed by atoms with van der Waals surface area (Å²) in [6, 6.07) is 13.6. The second-order valence-electron chi connectivity index (χ2n) is 5.95. The molecule has 3 rings (SSSR count). The Kier molecular flexibility index (Phi) is 5.02. The first-order chi connectivity index (χ1) is 13.2. The van der Waals surface area contributed by atoms with Crippen LogP contribution in [-0.4, -0.2) is 32.7 Å². The molecule has 0 N–H and O–H groups in total. The van der Waals surface area contributed by atoms with E-state index in [4.69, 9.17) is 9.47 Å². The molecule has 8 nitrogen and oxygen atoms in total. The lowest BCUT2D eigenvalue weighted by molar-refractivity contribution is -0.385. The van der Waals surface area contributed by atoms with Gasteiger partial charge < -0.3 is 9.47 Å². The highest BCUT2D eigenvalue weighted by molar-refractivity contribution is 7.90. The number of ether oxygens (including phenoxy) is 2. The van der Waals surface area contributed by atoms with Crippen molar-refractivity contribution >= 4 is 32.3 Å². The van der Waals surface area contributed by atoms with Crippen LogP contribution in [-0.2, 0) is 14.6 Å². The lowest BCUT2D eigenvalue weighted by Crippen LogP contribution is -2.05. The molecule has 3 aromatic rings. The molecule has 0 fully saturated rings. The zero-order valence-electron chi connectivity index (χ0n) is 14.9. The van der Waals surface area contributed by atoms with E-state index in [1.54, 1.807) is 36.4 Å². The van der Waals surface area contributed by atoms with Crippen LogP contribution in [0, 0.1) is 10.1 Å². The Balaban J connectivity index is 2.16. The van der Waals surface area contributed by atoms with Crippen molar-refractivity contribution in [2.75, 3.05) is 13.4 Å². The number of sulfone groups is 1. The molecule has 144 valence electrons. The Morgan fingerprint density at radius 3 is 2.21 bits per heavy atom. The van der Waals surface area contributed by atoms with Gasteiger partial charge in [0.25, 0.3) is 0 Å². The summed E-state index contributed by atoms with van der Waals surface area (Å²) < 4.78 is 33.8. The van der Waals surface area contributed by atoms with E-state index in [1.165, 1.54) is 19.2 Å². The van der Waals surface area contributed by atoms with Crippen LogP contribution in [0.25, 0.3) is 10.8 Å². The Morgan fingerprint density at radius 1 is 1.00 bits per heavy atom. The van der Waals surface area contributed by atoms with E-state index in [2.05, 4.69) is 0 Å². The summed E-state index contributed by atoms with van der Waals surface area (Å²) in [7, 11) is -2.42. The van der Waals surface area contributed by atoms with Crippen LogP contribution in [0.4, 0.5) is 5.69 Å². The molecule has 0 bridgehead atoms. The van der Waals surface area contributed by atoms with Gasteiger partial charge in [0, 0.05) is 12.3 Å². The van der Waals surface area contributed by atoms with Gasteiger partial charge in [0.2, 0.25) is 5.75 Å². The molecular weight excluding hydrogens is 386 g/mol. The predicted octanol–water partition coefficient (Wildman–Crippen LogP) is 3.73. The van der Waals surface area contributed by atoms with Crippen molar-refractivity contribution in [3.8, 4) is 11.5 Å². The van der Waals surface area contributed by atoms with Crippen LogP contribution in [0.5, 0.6) is 11.5 Å². The summed E-state index contributed by atoms with van der Waals surface area (Å²) in [5.41, 5.74) is -0.449. The molecule has 28 heavy (non-hydrogen) atoms. The fraction of sp³-hybridized carbons (Fsp3) is 0.105. The van der Waals surface area contributed by atoms with Crippen molar-refractivity contribution < 1.29 is 27.6 Å². The number of benzene rings is 3. The Bertz CT molecular complexity index is 1200. The number of nitrogens with zero attached hydrogens (tertiary/aromatic N) is 1. The molecule has 9 heteroatoms. The smallest absolute Gasteiger partial charge is 0.341 e. The normalized spacial score (nSPS) is 11.2. The molecule has 0 spiro atoms. The third-order valence-corrected chi connectivity index (χ3v) is 5.14. The van der Waals surface area contributed by atoms with Gasteiger partial charge in [-0.2, -0.15) is 0 Å². The van der Waals surface area contributed by atoms with Crippen LogP contribution >= 0.6 is 0 Å². The van der Waals surface area contributed by atoms with Gasteiger partial charge in [0.05, 0.1) is 16.9 Å². The van der Waals surface area contributed by atoms with Gasteiger partial charge in [-0.25, -0.2) is 13.2 Å². The van der Waals surface area contributed by atoms with Crippen LogP contribution in [0.15, 0.2) is 59.5 Å². The number of hydrogen-bond acceptors (Lipinski definition) is 7. The molecule has 0 unspecified atom stereocenters. The topological polar surface area (TPSA) is 113 Å². The van der Waals surface area contributed by atoms with Gasteiger partial charge in [0.15, 0.2) is 9.84 Å². The van der Waals surface area contributed by atoms with Gasteiger partial charge in [0.1, 0.15) is 11.3 Å². The van der Waals surface area contributed by atoms with Crippen LogP contribution in [0.3, 0.4) is 0 Å². The minimum absolute atomic E-state index is 0.0563. The number of esters is 1. The highest BCUT2D eigenvalue weighted by atomic mass is 32.2. The summed E-state index contributed by atoms with van der Waals surface area (Å²) in [6.07, 6.45) is 0.950. The van der Waals surface area contributed by atoms with Crippen molar-refractivity contribution in [2.24, 2.45) is 0 Å². The molecule has 0 heterocycles. The Labute approximate surface area is 160 Å². The number of methoxy groups -OCH3 is 1. The summed E-state index contributed by atoms with van der Waals surface area (Å²) in [5, 5.41) is 12.9. The van der Waals surface area contributed by atoms with Crippen molar-refractivity contribution in [3.05, 3.63) is 70.3 Å². The summed E-state index contributed by atoms with van der Waals surface area (Å²) in [5.74, 6) is -0.810. The molecule has 0 aliphatic heterocycles. The van der Waals surface area contributed by atoms with E-state index in [0.29, 0.717) is 0 Å². The van der Waals surface area contributed by atoms with Gasteiger partial charge in [-0.3, -0.25) is 10.1 Å². The fourth-order valence-corrected chi connectivity index (χ4v) is 3.29. The molecule has 0 aliphatic carbocycles. The number of rotatable bonds is 5. The quantitative estimate of drug-likeness (QED) is 0.364. The van der Waals surface area contributed by atoms with Crippen molar-refractivity contribution in [3.63, 3.8) is 0 Å².